The molecule has 0 saturated heterocycles. The SMILES string of the molecule is CCCS(=O)(=O)C(C)CNC1CCCCC1. The van der Waals surface area contributed by atoms with Crippen LogP contribution in [0.1, 0.15) is 52.4 Å². The summed E-state index contributed by atoms with van der Waals surface area (Å²) < 4.78 is 23.5. The highest BCUT2D eigenvalue weighted by molar-refractivity contribution is 7.92. The minimum Gasteiger partial charge on any atom is -0.313 e. The fourth-order valence-electron chi connectivity index (χ4n) is 2.25. The Balaban J connectivity index is 2.30. The number of nitrogens with one attached hydrogen (secondary N) is 1. The van der Waals surface area contributed by atoms with E-state index in [0.29, 0.717) is 18.3 Å². The molecule has 1 aliphatic carbocycles. The second-order valence-electron chi connectivity index (χ2n) is 4.92. The summed E-state index contributed by atoms with van der Waals surface area (Å²) in [6.45, 7) is 4.35. The lowest BCUT2D eigenvalue weighted by Crippen LogP contribution is -2.39. The molecule has 0 aliphatic heterocycles. The maximum absolute atomic E-state index is 11.8. The molecule has 0 aromatic rings. The molecule has 1 unspecified atom stereocenters. The van der Waals surface area contributed by atoms with Crippen molar-refractivity contribution in [2.24, 2.45) is 0 Å². The normalized spacial score (nSPS) is 20.9. The van der Waals surface area contributed by atoms with Crippen LogP contribution in [0.25, 0.3) is 0 Å². The van der Waals surface area contributed by atoms with E-state index in [2.05, 4.69) is 5.32 Å². The van der Waals surface area contributed by atoms with Crippen LogP contribution in [-0.2, 0) is 9.84 Å². The van der Waals surface area contributed by atoms with Crippen LogP contribution in [0.2, 0.25) is 0 Å². The smallest absolute Gasteiger partial charge is 0.154 e. The zero-order valence-electron chi connectivity index (χ0n) is 10.5. The van der Waals surface area contributed by atoms with Gasteiger partial charge < -0.3 is 5.32 Å². The zero-order chi connectivity index (χ0) is 12.0. The fraction of sp³-hybridized carbons (Fsp3) is 1.00. The highest BCUT2D eigenvalue weighted by atomic mass is 32.2. The Bertz CT molecular complexity index is 281. The molecule has 1 atom stereocenters. The molecular formula is C12H25NO2S. The Morgan fingerprint density at radius 3 is 2.44 bits per heavy atom. The molecule has 0 aromatic carbocycles. The minimum atomic E-state index is -2.87. The van der Waals surface area contributed by atoms with Crippen molar-refractivity contribution < 1.29 is 8.42 Å². The van der Waals surface area contributed by atoms with E-state index in [1.54, 1.807) is 0 Å². The Kier molecular flexibility index (Phi) is 5.76. The van der Waals surface area contributed by atoms with E-state index in [-0.39, 0.29) is 5.25 Å². The van der Waals surface area contributed by atoms with Crippen LogP contribution >= 0.6 is 0 Å². The van der Waals surface area contributed by atoms with Gasteiger partial charge in [0.05, 0.1) is 11.0 Å². The average molecular weight is 247 g/mol. The van der Waals surface area contributed by atoms with Crippen molar-refractivity contribution in [3.8, 4) is 0 Å². The monoisotopic (exact) mass is 247 g/mol. The van der Waals surface area contributed by atoms with Gasteiger partial charge in [-0.2, -0.15) is 0 Å². The van der Waals surface area contributed by atoms with Gasteiger partial charge in [-0.1, -0.05) is 26.2 Å². The van der Waals surface area contributed by atoms with Crippen LogP contribution in [0, 0.1) is 0 Å². The van der Waals surface area contributed by atoms with Gasteiger partial charge in [0.15, 0.2) is 9.84 Å². The molecule has 0 spiro atoms. The molecule has 0 aromatic heterocycles. The lowest BCUT2D eigenvalue weighted by atomic mass is 9.95. The third kappa shape index (κ3) is 4.42. The first kappa shape index (κ1) is 14.0. The molecule has 0 heterocycles. The van der Waals surface area contributed by atoms with E-state index in [1.165, 1.54) is 32.1 Å². The molecule has 1 fully saturated rings. The van der Waals surface area contributed by atoms with Crippen molar-refractivity contribution in [1.82, 2.24) is 5.32 Å². The first-order valence-corrected chi connectivity index (χ1v) is 8.22. The van der Waals surface area contributed by atoms with Crippen LogP contribution in [0.15, 0.2) is 0 Å². The van der Waals surface area contributed by atoms with Crippen molar-refractivity contribution in [3.63, 3.8) is 0 Å². The van der Waals surface area contributed by atoms with E-state index in [9.17, 15) is 8.42 Å². The molecule has 96 valence electrons. The molecule has 0 radical (unpaired) electrons. The summed E-state index contributed by atoms with van der Waals surface area (Å²) in [4.78, 5) is 0. The molecule has 1 rings (SSSR count). The van der Waals surface area contributed by atoms with Crippen LogP contribution in [0.5, 0.6) is 0 Å². The predicted molar refractivity (Wildman–Crippen MR) is 68.4 cm³/mol. The first-order chi connectivity index (χ1) is 7.56. The standard InChI is InChI=1S/C12H25NO2S/c1-3-9-16(14,15)11(2)10-13-12-7-5-4-6-8-12/h11-13H,3-10H2,1-2H3. The number of hydrogen-bond donors (Lipinski definition) is 1. The highest BCUT2D eigenvalue weighted by Gasteiger charge is 2.21. The molecular weight excluding hydrogens is 222 g/mol. The largest absolute Gasteiger partial charge is 0.313 e. The van der Waals surface area contributed by atoms with Gasteiger partial charge in [0.1, 0.15) is 0 Å². The van der Waals surface area contributed by atoms with E-state index < -0.39 is 9.84 Å². The van der Waals surface area contributed by atoms with Gasteiger partial charge in [0.2, 0.25) is 0 Å². The van der Waals surface area contributed by atoms with Gasteiger partial charge in [0, 0.05) is 12.6 Å². The van der Waals surface area contributed by atoms with Crippen molar-refractivity contribution in [2.45, 2.75) is 63.7 Å². The molecule has 3 nitrogen and oxygen atoms in total. The summed E-state index contributed by atoms with van der Waals surface area (Å²) in [5.41, 5.74) is 0. The Labute approximate surface area is 99.9 Å². The minimum absolute atomic E-state index is 0.241. The van der Waals surface area contributed by atoms with E-state index >= 15 is 0 Å². The lowest BCUT2D eigenvalue weighted by molar-refractivity contribution is 0.374. The van der Waals surface area contributed by atoms with E-state index in [4.69, 9.17) is 0 Å². The van der Waals surface area contributed by atoms with E-state index in [0.717, 1.165) is 6.42 Å². The molecule has 4 heteroatoms. The topological polar surface area (TPSA) is 46.2 Å². The summed E-state index contributed by atoms with van der Waals surface area (Å²) >= 11 is 0. The first-order valence-electron chi connectivity index (χ1n) is 6.51. The maximum Gasteiger partial charge on any atom is 0.154 e. The highest BCUT2D eigenvalue weighted by Crippen LogP contribution is 2.17. The number of hydrogen-bond acceptors (Lipinski definition) is 3. The van der Waals surface area contributed by atoms with Gasteiger partial charge in [-0.25, -0.2) is 8.42 Å². The van der Waals surface area contributed by atoms with Gasteiger partial charge in [0.25, 0.3) is 0 Å². The average Bonchev–Trinajstić information content (AvgIpc) is 2.27. The van der Waals surface area contributed by atoms with E-state index in [1.807, 2.05) is 13.8 Å². The van der Waals surface area contributed by atoms with Gasteiger partial charge in [-0.15, -0.1) is 0 Å². The molecule has 1 N–H and O–H groups in total. The second-order valence-corrected chi connectivity index (χ2v) is 7.46. The third-order valence-corrected chi connectivity index (χ3v) is 5.77. The van der Waals surface area contributed by atoms with Crippen LogP contribution < -0.4 is 5.32 Å². The Morgan fingerprint density at radius 1 is 1.25 bits per heavy atom. The zero-order valence-corrected chi connectivity index (χ0v) is 11.4. The van der Waals surface area contributed by atoms with Crippen LogP contribution in [0.3, 0.4) is 0 Å². The number of rotatable bonds is 6. The Morgan fingerprint density at radius 2 is 1.88 bits per heavy atom. The van der Waals surface area contributed by atoms with Crippen molar-refractivity contribution in [1.29, 1.82) is 0 Å². The van der Waals surface area contributed by atoms with Crippen molar-refractivity contribution in [2.75, 3.05) is 12.3 Å². The molecule has 0 bridgehead atoms. The second kappa shape index (κ2) is 6.60. The molecule has 0 amide bonds. The number of sulfone groups is 1. The summed E-state index contributed by atoms with van der Waals surface area (Å²) in [5.74, 6) is 0.320. The summed E-state index contributed by atoms with van der Waals surface area (Å²) in [5, 5.41) is 3.17. The molecule has 16 heavy (non-hydrogen) atoms. The summed E-state index contributed by atoms with van der Waals surface area (Å²) in [6, 6.07) is 0.549. The fourth-order valence-corrected chi connectivity index (χ4v) is 3.57. The third-order valence-electron chi connectivity index (χ3n) is 3.40. The molecule has 1 aliphatic rings. The van der Waals surface area contributed by atoms with Gasteiger partial charge in [-0.05, 0) is 26.2 Å². The van der Waals surface area contributed by atoms with Crippen molar-refractivity contribution in [3.05, 3.63) is 0 Å². The maximum atomic E-state index is 11.8. The molecule has 1 saturated carbocycles. The Hall–Kier alpha value is -0.0900. The predicted octanol–water partition coefficient (Wildman–Crippen LogP) is 2.12. The summed E-state index contributed by atoms with van der Waals surface area (Å²) in [7, 11) is -2.87. The summed E-state index contributed by atoms with van der Waals surface area (Å²) in [6.07, 6.45) is 7.04. The lowest BCUT2D eigenvalue weighted by Gasteiger charge is -2.24. The van der Waals surface area contributed by atoms with Gasteiger partial charge >= 0.3 is 0 Å². The van der Waals surface area contributed by atoms with Crippen molar-refractivity contribution >= 4 is 9.84 Å². The van der Waals surface area contributed by atoms with Gasteiger partial charge in [-0.3, -0.25) is 0 Å². The van der Waals surface area contributed by atoms with Crippen LogP contribution in [0.4, 0.5) is 0 Å². The quantitative estimate of drug-likeness (QED) is 0.782. The van der Waals surface area contributed by atoms with Crippen LogP contribution in [-0.4, -0.2) is 32.0 Å².